The van der Waals surface area contributed by atoms with Crippen LogP contribution in [0, 0.1) is 0 Å². The maximum absolute atomic E-state index is 5.84. The van der Waals surface area contributed by atoms with E-state index in [1.807, 2.05) is 12.3 Å². The van der Waals surface area contributed by atoms with E-state index < -0.39 is 0 Å². The van der Waals surface area contributed by atoms with Gasteiger partial charge in [0.1, 0.15) is 0 Å². The van der Waals surface area contributed by atoms with Gasteiger partial charge in [-0.15, -0.1) is 0 Å². The summed E-state index contributed by atoms with van der Waals surface area (Å²) < 4.78 is 22.7. The van der Waals surface area contributed by atoms with Crippen LogP contribution in [0.25, 0.3) is 10.9 Å². The predicted molar refractivity (Wildman–Crippen MR) is 83.7 cm³/mol. The Morgan fingerprint density at radius 2 is 1.74 bits per heavy atom. The molecule has 0 amide bonds. The van der Waals surface area contributed by atoms with Crippen LogP contribution >= 0.6 is 0 Å². The van der Waals surface area contributed by atoms with Crippen molar-refractivity contribution < 1.29 is 18.9 Å². The lowest BCUT2D eigenvalue weighted by Crippen LogP contribution is -2.34. The maximum atomic E-state index is 5.84. The minimum Gasteiger partial charge on any atom is -0.454 e. The van der Waals surface area contributed by atoms with Gasteiger partial charge in [0.05, 0.1) is 18.7 Å². The van der Waals surface area contributed by atoms with Gasteiger partial charge in [-0.05, 0) is 36.5 Å². The van der Waals surface area contributed by atoms with Crippen molar-refractivity contribution in [2.24, 2.45) is 0 Å². The standard InChI is InChI=1S/C18H19NO4/c1-4-18(22-7-8-23-18)5-2-12(1)13-3-6-19-15-10-17-16(9-14(13)15)20-11-21-17/h3,6,9-10,12H,1-2,4-5,7-8,11H2. The van der Waals surface area contributed by atoms with Gasteiger partial charge in [0.25, 0.3) is 0 Å². The van der Waals surface area contributed by atoms with E-state index in [1.165, 1.54) is 10.9 Å². The first kappa shape index (κ1) is 13.6. The van der Waals surface area contributed by atoms with Crippen molar-refractivity contribution in [2.45, 2.75) is 37.4 Å². The zero-order valence-electron chi connectivity index (χ0n) is 12.9. The zero-order valence-corrected chi connectivity index (χ0v) is 12.9. The van der Waals surface area contributed by atoms with E-state index in [-0.39, 0.29) is 5.79 Å². The maximum Gasteiger partial charge on any atom is 0.231 e. The summed E-state index contributed by atoms with van der Waals surface area (Å²) >= 11 is 0. The smallest absolute Gasteiger partial charge is 0.231 e. The van der Waals surface area contributed by atoms with Gasteiger partial charge in [-0.25, -0.2) is 0 Å². The van der Waals surface area contributed by atoms with Gasteiger partial charge in [-0.1, -0.05) is 0 Å². The number of hydrogen-bond donors (Lipinski definition) is 0. The van der Waals surface area contributed by atoms with Crippen molar-refractivity contribution in [1.82, 2.24) is 4.98 Å². The largest absolute Gasteiger partial charge is 0.454 e. The Balaban J connectivity index is 1.49. The summed E-state index contributed by atoms with van der Waals surface area (Å²) in [6.07, 6.45) is 5.98. The molecule has 1 aromatic carbocycles. The lowest BCUT2D eigenvalue weighted by Gasteiger charge is -2.35. The van der Waals surface area contributed by atoms with E-state index >= 15 is 0 Å². The highest BCUT2D eigenvalue weighted by molar-refractivity contribution is 5.86. The third-order valence-electron chi connectivity index (χ3n) is 5.27. The fraction of sp³-hybridized carbons (Fsp3) is 0.500. The Kier molecular flexibility index (Phi) is 3.00. The highest BCUT2D eigenvalue weighted by Crippen LogP contribution is 2.45. The molecule has 2 aliphatic heterocycles. The fourth-order valence-electron chi connectivity index (χ4n) is 4.07. The van der Waals surface area contributed by atoms with E-state index in [1.54, 1.807) is 0 Å². The molecular weight excluding hydrogens is 294 g/mol. The van der Waals surface area contributed by atoms with Crippen LogP contribution < -0.4 is 9.47 Å². The van der Waals surface area contributed by atoms with Crippen molar-refractivity contribution in [3.05, 3.63) is 30.0 Å². The minimum absolute atomic E-state index is 0.293. The Hall–Kier alpha value is -1.85. The molecule has 2 fully saturated rings. The number of benzene rings is 1. The van der Waals surface area contributed by atoms with Gasteiger partial charge in [-0.2, -0.15) is 0 Å². The zero-order chi connectivity index (χ0) is 15.3. The van der Waals surface area contributed by atoms with E-state index in [0.29, 0.717) is 12.7 Å². The molecule has 3 heterocycles. The summed E-state index contributed by atoms with van der Waals surface area (Å²) in [5, 5.41) is 1.17. The average molecular weight is 313 g/mol. The molecule has 1 aromatic heterocycles. The molecule has 120 valence electrons. The molecule has 0 N–H and O–H groups in total. The van der Waals surface area contributed by atoms with E-state index in [9.17, 15) is 0 Å². The first-order chi connectivity index (χ1) is 11.3. The van der Waals surface area contributed by atoms with Crippen LogP contribution in [0.4, 0.5) is 0 Å². The summed E-state index contributed by atoms with van der Waals surface area (Å²) in [7, 11) is 0. The van der Waals surface area contributed by atoms with Gasteiger partial charge in [0, 0.05) is 30.5 Å². The van der Waals surface area contributed by atoms with E-state index in [2.05, 4.69) is 17.1 Å². The molecule has 0 atom stereocenters. The van der Waals surface area contributed by atoms with Gasteiger partial charge in [0.15, 0.2) is 17.3 Å². The fourth-order valence-corrected chi connectivity index (χ4v) is 4.07. The quantitative estimate of drug-likeness (QED) is 0.808. The molecule has 1 saturated carbocycles. The molecule has 0 unspecified atom stereocenters. The lowest BCUT2D eigenvalue weighted by atomic mass is 9.80. The molecule has 5 rings (SSSR count). The van der Waals surface area contributed by atoms with Crippen molar-refractivity contribution in [1.29, 1.82) is 0 Å². The molecule has 1 spiro atoms. The van der Waals surface area contributed by atoms with Crippen LogP contribution in [0.1, 0.15) is 37.2 Å². The Morgan fingerprint density at radius 1 is 1.00 bits per heavy atom. The van der Waals surface area contributed by atoms with Gasteiger partial charge in [-0.3, -0.25) is 4.98 Å². The van der Waals surface area contributed by atoms with E-state index in [4.69, 9.17) is 18.9 Å². The number of rotatable bonds is 1. The third-order valence-corrected chi connectivity index (χ3v) is 5.27. The first-order valence-corrected chi connectivity index (χ1v) is 8.29. The third kappa shape index (κ3) is 2.18. The van der Waals surface area contributed by atoms with Gasteiger partial charge in [0.2, 0.25) is 6.79 Å². The number of hydrogen-bond acceptors (Lipinski definition) is 5. The van der Waals surface area contributed by atoms with Crippen LogP contribution in [0.3, 0.4) is 0 Å². The summed E-state index contributed by atoms with van der Waals surface area (Å²) in [4.78, 5) is 4.50. The lowest BCUT2D eigenvalue weighted by molar-refractivity contribution is -0.178. The highest BCUT2D eigenvalue weighted by Gasteiger charge is 2.40. The second-order valence-electron chi connectivity index (χ2n) is 6.50. The van der Waals surface area contributed by atoms with Gasteiger partial charge < -0.3 is 18.9 Å². The highest BCUT2D eigenvalue weighted by atomic mass is 16.7. The molecule has 0 bridgehead atoms. The molecule has 5 heteroatoms. The molecule has 5 nitrogen and oxygen atoms in total. The first-order valence-electron chi connectivity index (χ1n) is 8.29. The average Bonchev–Trinajstić information content (AvgIpc) is 3.22. The molecule has 23 heavy (non-hydrogen) atoms. The molecule has 3 aliphatic rings. The minimum atomic E-state index is -0.308. The Bertz CT molecular complexity index is 744. The van der Waals surface area contributed by atoms with Crippen LogP contribution in [-0.2, 0) is 9.47 Å². The van der Waals surface area contributed by atoms with Gasteiger partial charge >= 0.3 is 0 Å². The van der Waals surface area contributed by atoms with Crippen molar-refractivity contribution in [3.63, 3.8) is 0 Å². The van der Waals surface area contributed by atoms with Crippen LogP contribution in [0.5, 0.6) is 11.5 Å². The Labute approximate surface area is 134 Å². The number of pyridine rings is 1. The normalized spacial score (nSPS) is 23.0. The van der Waals surface area contributed by atoms with Crippen LogP contribution in [-0.4, -0.2) is 30.8 Å². The Morgan fingerprint density at radius 3 is 2.52 bits per heavy atom. The van der Waals surface area contributed by atoms with Crippen molar-refractivity contribution >= 4 is 10.9 Å². The van der Waals surface area contributed by atoms with Crippen LogP contribution in [0.2, 0.25) is 0 Å². The van der Waals surface area contributed by atoms with Crippen molar-refractivity contribution in [3.8, 4) is 11.5 Å². The number of fused-ring (bicyclic) bond motifs is 2. The van der Waals surface area contributed by atoms with E-state index in [0.717, 1.165) is 55.9 Å². The molecule has 0 radical (unpaired) electrons. The number of aromatic nitrogens is 1. The van der Waals surface area contributed by atoms with Crippen molar-refractivity contribution in [2.75, 3.05) is 20.0 Å². The number of ether oxygens (including phenoxy) is 4. The summed E-state index contributed by atoms with van der Waals surface area (Å²) in [5.74, 6) is 1.82. The monoisotopic (exact) mass is 313 g/mol. The SMILES string of the molecule is c1cc(C2CCC3(CC2)OCCO3)c2cc3c(cc2n1)OCO3. The molecule has 2 aromatic rings. The summed E-state index contributed by atoms with van der Waals surface area (Å²) in [6.45, 7) is 1.75. The molecular formula is C18H19NO4. The topological polar surface area (TPSA) is 49.8 Å². The number of nitrogens with zero attached hydrogens (tertiary/aromatic N) is 1. The molecule has 1 aliphatic carbocycles. The second-order valence-corrected chi connectivity index (χ2v) is 6.50. The molecule has 1 saturated heterocycles. The summed E-state index contributed by atoms with van der Waals surface area (Å²) in [5.41, 5.74) is 2.32. The predicted octanol–water partition coefficient (Wildman–Crippen LogP) is 3.36. The van der Waals surface area contributed by atoms with Crippen LogP contribution in [0.15, 0.2) is 24.4 Å². The second kappa shape index (κ2) is 5.08. The summed E-state index contributed by atoms with van der Waals surface area (Å²) in [6, 6.07) is 6.20.